The summed E-state index contributed by atoms with van der Waals surface area (Å²) in [6.45, 7) is 1.54. The van der Waals surface area contributed by atoms with E-state index in [0.717, 1.165) is 63.9 Å². The summed E-state index contributed by atoms with van der Waals surface area (Å²) in [5, 5.41) is 8.32. The number of aromatic amines is 2. The van der Waals surface area contributed by atoms with E-state index in [1.165, 1.54) is 12.0 Å². The zero-order chi connectivity index (χ0) is 35.6. The van der Waals surface area contributed by atoms with E-state index in [9.17, 15) is 18.4 Å². The van der Waals surface area contributed by atoms with Gasteiger partial charge >= 0.3 is 12.7 Å². The Morgan fingerprint density at radius 2 is 1.51 bits per heavy atom. The number of amides is 2. The lowest BCUT2D eigenvalue weighted by molar-refractivity contribution is -0.160. The van der Waals surface area contributed by atoms with Crippen LogP contribution in [0.4, 0.5) is 13.6 Å². The highest BCUT2D eigenvalue weighted by Crippen LogP contribution is 2.36. The van der Waals surface area contributed by atoms with Crippen molar-refractivity contribution in [2.24, 2.45) is 5.92 Å². The van der Waals surface area contributed by atoms with Crippen molar-refractivity contribution in [2.45, 2.75) is 64.0 Å². The summed E-state index contributed by atoms with van der Waals surface area (Å²) in [4.78, 5) is 43.1. The van der Waals surface area contributed by atoms with Crippen LogP contribution in [0.2, 0.25) is 0 Å². The molecule has 2 aromatic heterocycles. The van der Waals surface area contributed by atoms with Gasteiger partial charge in [-0.25, -0.2) is 14.8 Å². The van der Waals surface area contributed by atoms with Gasteiger partial charge in [0.2, 0.25) is 5.91 Å². The molecular weight excluding hydrogens is 656 g/mol. The van der Waals surface area contributed by atoms with Crippen LogP contribution in [0.25, 0.3) is 44.4 Å². The molecule has 7 rings (SSSR count). The number of carbonyl (C=O) groups is 2. The second-order valence-electron chi connectivity index (χ2n) is 13.5. The van der Waals surface area contributed by atoms with Crippen LogP contribution in [0.5, 0.6) is 0 Å². The number of alkyl carbamates (subject to hydrolysis) is 1. The minimum atomic E-state index is -2.99. The van der Waals surface area contributed by atoms with Gasteiger partial charge in [0, 0.05) is 18.5 Å². The van der Waals surface area contributed by atoms with E-state index in [1.807, 2.05) is 30.5 Å². The largest absolute Gasteiger partial charge is 0.453 e. The minimum absolute atomic E-state index is 0.0695. The zero-order valence-corrected chi connectivity index (χ0v) is 28.7. The number of nitrogens with zero attached hydrogens (tertiary/aromatic N) is 3. The lowest BCUT2D eigenvalue weighted by Gasteiger charge is -2.29. The zero-order valence-electron chi connectivity index (χ0n) is 28.7. The quantitative estimate of drug-likeness (QED) is 0.124. The number of carbonyl (C=O) groups excluding carboxylic acids is 2. The van der Waals surface area contributed by atoms with Gasteiger partial charge in [-0.2, -0.15) is 8.78 Å². The molecule has 13 heteroatoms. The number of likely N-dealkylation sites (tertiary alicyclic amines) is 1. The molecule has 2 aliphatic rings. The third-order valence-corrected chi connectivity index (χ3v) is 9.81. The van der Waals surface area contributed by atoms with E-state index in [0.29, 0.717) is 17.6 Å². The molecule has 2 saturated heterocycles. The summed E-state index contributed by atoms with van der Waals surface area (Å²) in [6.07, 6.45) is 4.30. The van der Waals surface area contributed by atoms with Crippen molar-refractivity contribution in [1.82, 2.24) is 35.5 Å². The molecule has 0 aliphatic carbocycles. The molecule has 0 spiro atoms. The Morgan fingerprint density at radius 1 is 0.882 bits per heavy atom. The summed E-state index contributed by atoms with van der Waals surface area (Å²) in [7, 11) is 1.21. The fraction of sp³-hybridized carbons (Fsp3) is 0.368. The van der Waals surface area contributed by atoms with E-state index in [1.54, 1.807) is 20.0 Å². The van der Waals surface area contributed by atoms with Crippen LogP contribution in [0, 0.1) is 5.92 Å². The third-order valence-electron chi connectivity index (χ3n) is 9.81. The Kier molecular flexibility index (Phi) is 9.83. The Hall–Kier alpha value is -5.14. The lowest BCUT2D eigenvalue weighted by Crippen LogP contribution is -2.51. The van der Waals surface area contributed by atoms with Crippen LogP contribution in [-0.4, -0.2) is 75.8 Å². The van der Waals surface area contributed by atoms with E-state index in [2.05, 4.69) is 67.0 Å². The molecule has 2 fully saturated rings. The van der Waals surface area contributed by atoms with Crippen molar-refractivity contribution in [1.29, 1.82) is 0 Å². The first-order chi connectivity index (χ1) is 24.7. The molecule has 4 heterocycles. The fourth-order valence-corrected chi connectivity index (χ4v) is 7.09. The number of methoxy groups -OCH3 is 1. The maximum Gasteiger partial charge on any atom is 0.407 e. The smallest absolute Gasteiger partial charge is 0.407 e. The molecule has 11 nitrogen and oxygen atoms in total. The van der Waals surface area contributed by atoms with Gasteiger partial charge in [0.15, 0.2) is 0 Å². The molecule has 5 aromatic rings. The SMILES string of the molecule is COC(=O)N[C@H](C(=O)N1CC(OC(F)F)C[C@H]1c1ncc(-c2ccc(-c3ccc4cc(-c5cnc([C@@H]6CCCN6)[nH]5)ccc4c3)cc2)[nH]1)C(C)C. The first-order valence-electron chi connectivity index (χ1n) is 17.2. The first-order valence-corrected chi connectivity index (χ1v) is 17.2. The number of fused-ring (bicyclic) bond motifs is 1. The standard InChI is InChI=1S/C38H41F2N7O4/c1-21(2)33(46-38(49)50-3)36(48)47-20-28(51-37(39)40)17-32(47)35-43-18-30(45-35)23-8-6-22(7-9-23)24-10-11-26-16-27(13-12-25(26)15-24)31-19-42-34(44-31)29-5-4-14-41-29/h6-13,15-16,18-19,21,28-29,32-33,37,41H,4-5,14,17,20H2,1-3H3,(H,42,44)(H,43,45)(H,46,49)/t28?,29-,32-,33-/m0/s1. The normalized spacial score (nSPS) is 19.7. The summed E-state index contributed by atoms with van der Waals surface area (Å²) < 4.78 is 35.9. The Morgan fingerprint density at radius 3 is 2.18 bits per heavy atom. The van der Waals surface area contributed by atoms with Gasteiger partial charge in [0.05, 0.1) is 49.1 Å². The van der Waals surface area contributed by atoms with Gasteiger partial charge in [-0.15, -0.1) is 0 Å². The number of hydrogen-bond donors (Lipinski definition) is 4. The summed E-state index contributed by atoms with van der Waals surface area (Å²) in [5.74, 6) is 0.717. The summed E-state index contributed by atoms with van der Waals surface area (Å²) >= 11 is 0. The number of aromatic nitrogens is 4. The van der Waals surface area contributed by atoms with Crippen LogP contribution in [-0.2, 0) is 14.3 Å². The van der Waals surface area contributed by atoms with Gasteiger partial charge in [-0.1, -0.05) is 62.4 Å². The third kappa shape index (κ3) is 7.35. The Bertz CT molecular complexity index is 2000. The molecule has 4 atom stereocenters. The van der Waals surface area contributed by atoms with E-state index < -0.39 is 36.8 Å². The highest BCUT2D eigenvalue weighted by molar-refractivity contribution is 5.90. The number of alkyl halides is 2. The minimum Gasteiger partial charge on any atom is -0.453 e. The average molecular weight is 698 g/mol. The van der Waals surface area contributed by atoms with Crippen LogP contribution < -0.4 is 10.6 Å². The molecule has 2 aliphatic heterocycles. The summed E-state index contributed by atoms with van der Waals surface area (Å²) in [5.41, 5.74) is 5.81. The van der Waals surface area contributed by atoms with Crippen LogP contribution in [0.3, 0.4) is 0 Å². The average Bonchev–Trinajstić information content (AvgIpc) is 3.96. The predicted octanol–water partition coefficient (Wildman–Crippen LogP) is 6.97. The molecule has 0 bridgehead atoms. The molecule has 0 radical (unpaired) electrons. The van der Waals surface area contributed by atoms with Crippen LogP contribution in [0.1, 0.15) is 56.8 Å². The number of nitrogens with one attached hydrogen (secondary N) is 4. The summed E-state index contributed by atoms with van der Waals surface area (Å²) in [6, 6.07) is 19.6. The molecular formula is C38H41F2N7O4. The monoisotopic (exact) mass is 697 g/mol. The molecule has 2 amide bonds. The number of rotatable bonds is 10. The molecule has 0 saturated carbocycles. The number of hydrogen-bond acceptors (Lipinski definition) is 7. The van der Waals surface area contributed by atoms with Crippen molar-refractivity contribution < 1.29 is 27.8 Å². The van der Waals surface area contributed by atoms with Gasteiger partial charge in [-0.05, 0) is 64.9 Å². The Labute approximate surface area is 294 Å². The van der Waals surface area contributed by atoms with Gasteiger partial charge in [0.25, 0.3) is 0 Å². The van der Waals surface area contributed by atoms with E-state index in [-0.39, 0.29) is 18.9 Å². The van der Waals surface area contributed by atoms with Crippen LogP contribution >= 0.6 is 0 Å². The molecule has 51 heavy (non-hydrogen) atoms. The second-order valence-corrected chi connectivity index (χ2v) is 13.5. The van der Waals surface area contributed by atoms with Gasteiger partial charge in [0.1, 0.15) is 17.7 Å². The molecule has 4 N–H and O–H groups in total. The highest BCUT2D eigenvalue weighted by atomic mass is 19.3. The number of benzene rings is 3. The van der Waals surface area contributed by atoms with Gasteiger partial charge < -0.3 is 35.0 Å². The number of H-pyrrole nitrogens is 2. The molecule has 266 valence electrons. The number of imidazole rings is 2. The van der Waals surface area contributed by atoms with Crippen molar-refractivity contribution >= 4 is 22.8 Å². The maximum absolute atomic E-state index is 13.7. The topological polar surface area (TPSA) is 137 Å². The predicted molar refractivity (Wildman–Crippen MR) is 189 cm³/mol. The van der Waals surface area contributed by atoms with E-state index >= 15 is 0 Å². The van der Waals surface area contributed by atoms with Crippen molar-refractivity contribution in [2.75, 3.05) is 20.2 Å². The molecule has 3 aromatic carbocycles. The highest BCUT2D eigenvalue weighted by Gasteiger charge is 2.42. The second kappa shape index (κ2) is 14.6. The Balaban J connectivity index is 1.07. The fourth-order valence-electron chi connectivity index (χ4n) is 7.09. The number of halogens is 2. The lowest BCUT2D eigenvalue weighted by atomic mass is 9.98. The van der Waals surface area contributed by atoms with Crippen molar-refractivity contribution in [3.05, 3.63) is 84.7 Å². The van der Waals surface area contributed by atoms with E-state index in [4.69, 9.17) is 9.47 Å². The number of ether oxygens (including phenoxy) is 2. The van der Waals surface area contributed by atoms with Crippen molar-refractivity contribution in [3.63, 3.8) is 0 Å². The van der Waals surface area contributed by atoms with Crippen LogP contribution in [0.15, 0.2) is 73.1 Å². The first kappa shape index (κ1) is 34.3. The molecule has 1 unspecified atom stereocenters. The maximum atomic E-state index is 13.7. The van der Waals surface area contributed by atoms with Crippen molar-refractivity contribution in [3.8, 4) is 33.6 Å². The van der Waals surface area contributed by atoms with Gasteiger partial charge in [-0.3, -0.25) is 4.79 Å².